The van der Waals surface area contributed by atoms with Crippen LogP contribution < -0.4 is 5.73 Å². The lowest BCUT2D eigenvalue weighted by atomic mass is 10.1. The lowest BCUT2D eigenvalue weighted by Crippen LogP contribution is -2.29. The summed E-state index contributed by atoms with van der Waals surface area (Å²) in [5.74, 6) is -1.09. The molecule has 12 heteroatoms. The van der Waals surface area contributed by atoms with Gasteiger partial charge in [0.25, 0.3) is 0 Å². The fraction of sp³-hybridized carbons (Fsp3) is 0.628. The molecule has 11 nitrogen and oxygen atoms in total. The number of hydrogen-bond donors (Lipinski definition) is 4. The van der Waals surface area contributed by atoms with E-state index in [-0.39, 0.29) is 32.6 Å². The zero-order chi connectivity index (χ0) is 40.7. The Kier molecular flexibility index (Phi) is 36.0. The molecule has 0 aromatic carbocycles. The monoisotopic (exact) mass is 793 g/mol. The number of rotatable bonds is 36. The van der Waals surface area contributed by atoms with E-state index in [1.807, 2.05) is 30.4 Å². The fourth-order valence-corrected chi connectivity index (χ4v) is 5.68. The summed E-state index contributed by atoms with van der Waals surface area (Å²) in [7, 11) is -4.45. The summed E-state index contributed by atoms with van der Waals surface area (Å²) in [6.45, 7) is 3.20. The van der Waals surface area contributed by atoms with Gasteiger partial charge in [0, 0.05) is 19.4 Å². The van der Waals surface area contributed by atoms with Crippen molar-refractivity contribution in [2.24, 2.45) is 5.73 Å². The number of esters is 2. The van der Waals surface area contributed by atoms with Gasteiger partial charge in [0.15, 0.2) is 6.10 Å². The number of aliphatic hydroxyl groups excluding tert-OH is 2. The largest absolute Gasteiger partial charge is 0.472 e. The quantitative estimate of drug-likeness (QED) is 0.0157. The summed E-state index contributed by atoms with van der Waals surface area (Å²) in [6.07, 6.45) is 39.7. The second kappa shape index (κ2) is 38.0. The number of phosphoric ester groups is 1. The third-order valence-corrected chi connectivity index (χ3v) is 8.96. The molecule has 5 N–H and O–H groups in total. The Morgan fingerprint density at radius 1 is 0.655 bits per heavy atom. The lowest BCUT2D eigenvalue weighted by Gasteiger charge is -2.20. The van der Waals surface area contributed by atoms with Crippen LogP contribution in [0.15, 0.2) is 85.1 Å². The van der Waals surface area contributed by atoms with E-state index in [9.17, 15) is 29.3 Å². The van der Waals surface area contributed by atoms with E-state index >= 15 is 0 Å². The maximum atomic E-state index is 12.6. The predicted octanol–water partition coefficient (Wildman–Crippen LogP) is 9.21. The van der Waals surface area contributed by atoms with Crippen molar-refractivity contribution in [1.82, 2.24) is 0 Å². The number of aliphatic hydroxyl groups is 2. The van der Waals surface area contributed by atoms with Crippen LogP contribution >= 0.6 is 7.82 Å². The Hall–Kier alpha value is -2.89. The number of nitrogens with two attached hydrogens (primary N) is 1. The van der Waals surface area contributed by atoms with Crippen molar-refractivity contribution in [1.29, 1.82) is 0 Å². The molecule has 0 radical (unpaired) electrons. The summed E-state index contributed by atoms with van der Waals surface area (Å²) in [5, 5.41) is 20.1. The number of carbonyl (C=O) groups is 2. The maximum absolute atomic E-state index is 12.6. The van der Waals surface area contributed by atoms with Crippen molar-refractivity contribution < 1.29 is 47.8 Å². The van der Waals surface area contributed by atoms with E-state index in [1.165, 1.54) is 0 Å². The molecule has 55 heavy (non-hydrogen) atoms. The second-order valence-corrected chi connectivity index (χ2v) is 14.6. The van der Waals surface area contributed by atoms with Gasteiger partial charge >= 0.3 is 19.8 Å². The Bertz CT molecular complexity index is 1210. The summed E-state index contributed by atoms with van der Waals surface area (Å²) in [5.41, 5.74) is 5.32. The molecule has 4 atom stereocenters. The first-order valence-corrected chi connectivity index (χ1v) is 21.8. The first-order chi connectivity index (χ1) is 26.6. The smallest absolute Gasteiger partial charge is 0.462 e. The molecule has 0 aliphatic carbocycles. The minimum atomic E-state index is -4.45. The Morgan fingerprint density at radius 2 is 1.24 bits per heavy atom. The summed E-state index contributed by atoms with van der Waals surface area (Å²) >= 11 is 0. The van der Waals surface area contributed by atoms with Crippen molar-refractivity contribution in [3.05, 3.63) is 85.1 Å². The topological polar surface area (TPSA) is 175 Å². The normalized spacial score (nSPS) is 15.4. The van der Waals surface area contributed by atoms with E-state index in [4.69, 9.17) is 24.3 Å². The summed E-state index contributed by atoms with van der Waals surface area (Å²) < 4.78 is 32.5. The van der Waals surface area contributed by atoms with Gasteiger partial charge in [-0.1, -0.05) is 137 Å². The van der Waals surface area contributed by atoms with Gasteiger partial charge in [-0.3, -0.25) is 18.6 Å². The second-order valence-electron chi connectivity index (χ2n) is 13.2. The van der Waals surface area contributed by atoms with Crippen molar-refractivity contribution in [3.63, 3.8) is 0 Å². The molecule has 0 bridgehead atoms. The first kappa shape index (κ1) is 52.1. The molecule has 0 saturated heterocycles. The van der Waals surface area contributed by atoms with Gasteiger partial charge < -0.3 is 30.3 Å². The van der Waals surface area contributed by atoms with Crippen LogP contribution in [0.3, 0.4) is 0 Å². The third kappa shape index (κ3) is 37.8. The van der Waals surface area contributed by atoms with Crippen LogP contribution in [0.5, 0.6) is 0 Å². The number of hydrogen-bond acceptors (Lipinski definition) is 10. The minimum absolute atomic E-state index is 0.00865. The molecule has 0 aromatic rings. The third-order valence-electron chi connectivity index (χ3n) is 7.97. The fourth-order valence-electron chi connectivity index (χ4n) is 4.92. The van der Waals surface area contributed by atoms with Crippen LogP contribution in [0.2, 0.25) is 0 Å². The van der Waals surface area contributed by atoms with E-state index in [0.29, 0.717) is 25.7 Å². The number of allylic oxidation sites excluding steroid dienone is 12. The highest BCUT2D eigenvalue weighted by Gasteiger charge is 2.26. The van der Waals surface area contributed by atoms with E-state index < -0.39 is 44.7 Å². The molecule has 0 aliphatic heterocycles. The van der Waals surface area contributed by atoms with E-state index in [1.54, 1.807) is 18.2 Å². The van der Waals surface area contributed by atoms with Gasteiger partial charge in [-0.05, 0) is 64.2 Å². The molecule has 0 saturated carbocycles. The molecule has 0 aliphatic rings. The zero-order valence-corrected chi connectivity index (χ0v) is 34.5. The average molecular weight is 794 g/mol. The average Bonchev–Trinajstić information content (AvgIpc) is 3.16. The van der Waals surface area contributed by atoms with Crippen LogP contribution in [0.25, 0.3) is 0 Å². The van der Waals surface area contributed by atoms with Crippen molar-refractivity contribution in [2.75, 3.05) is 26.4 Å². The molecule has 0 spiro atoms. The predicted molar refractivity (Wildman–Crippen MR) is 222 cm³/mol. The van der Waals surface area contributed by atoms with Crippen LogP contribution in [-0.4, -0.2) is 71.7 Å². The maximum Gasteiger partial charge on any atom is 0.472 e. The van der Waals surface area contributed by atoms with Gasteiger partial charge in [0.05, 0.1) is 25.4 Å². The number of phosphoric acid groups is 1. The molecule has 0 amide bonds. The van der Waals surface area contributed by atoms with Gasteiger partial charge in [-0.25, -0.2) is 4.57 Å². The summed E-state index contributed by atoms with van der Waals surface area (Å²) in [6, 6.07) is 0. The van der Waals surface area contributed by atoms with Crippen LogP contribution in [0.1, 0.15) is 129 Å². The highest BCUT2D eigenvalue weighted by atomic mass is 31.2. The molecular formula is C43H72NO10P. The summed E-state index contributed by atoms with van der Waals surface area (Å²) in [4.78, 5) is 34.8. The van der Waals surface area contributed by atoms with Gasteiger partial charge in [0.2, 0.25) is 0 Å². The number of carbonyl (C=O) groups excluding carboxylic acids is 2. The Balaban J connectivity index is 4.49. The first-order valence-electron chi connectivity index (χ1n) is 20.3. The van der Waals surface area contributed by atoms with Gasteiger partial charge in [-0.15, -0.1) is 0 Å². The molecule has 0 aromatic heterocycles. The van der Waals surface area contributed by atoms with E-state index in [2.05, 4.69) is 50.3 Å². The van der Waals surface area contributed by atoms with Gasteiger partial charge in [0.1, 0.15) is 6.61 Å². The van der Waals surface area contributed by atoms with Crippen LogP contribution in [-0.2, 0) is 32.7 Å². The standard InChI is InChI=1S/C43H72NO10P/c1-3-5-7-8-9-10-11-12-13-14-15-16-20-23-27-33-42(47)51-37-41(38-53-55(49,50)52-36-35-44)54-43(48)34-28-32-40(46)31-26-22-19-17-18-21-25-30-39(45)29-24-6-4-2/h5,7,9-10,12-13,18-19,21-22,25-26,30-31,39-41,45-46H,3-4,6,8,11,14-17,20,23-24,27-29,32-38,44H2,1-2H3,(H,49,50)/b7-5-,10-9-,13-12-,21-18-,22-19-,30-25+,31-26+/t39-,40-,41-/m1/s1. The van der Waals surface area contributed by atoms with E-state index in [0.717, 1.165) is 77.0 Å². The molecule has 0 heterocycles. The van der Waals surface area contributed by atoms with Crippen LogP contribution in [0, 0.1) is 0 Å². The molecule has 314 valence electrons. The molecular weight excluding hydrogens is 721 g/mol. The lowest BCUT2D eigenvalue weighted by molar-refractivity contribution is -0.161. The zero-order valence-electron chi connectivity index (χ0n) is 33.6. The SMILES string of the molecule is CC/C=C\C/C=C\C/C=C\CCCCCCCC(=O)OC[C@H](COP(=O)(O)OCCN)OC(=O)CCC[C@H](O)/C=C/C=C\C/C=C\C=C\[C@H](O)CCCCC. The van der Waals surface area contributed by atoms with Crippen molar-refractivity contribution in [2.45, 2.75) is 148 Å². The highest BCUT2D eigenvalue weighted by Crippen LogP contribution is 2.43. The van der Waals surface area contributed by atoms with Crippen LogP contribution in [0.4, 0.5) is 0 Å². The van der Waals surface area contributed by atoms with Crippen molar-refractivity contribution in [3.8, 4) is 0 Å². The number of ether oxygens (including phenoxy) is 2. The highest BCUT2D eigenvalue weighted by molar-refractivity contribution is 7.47. The van der Waals surface area contributed by atoms with Crippen molar-refractivity contribution >= 4 is 19.8 Å². The Morgan fingerprint density at radius 3 is 1.89 bits per heavy atom. The Labute approximate surface area is 331 Å². The van der Waals surface area contributed by atoms with Gasteiger partial charge in [-0.2, -0.15) is 0 Å². The molecule has 0 rings (SSSR count). The number of unbranched alkanes of at least 4 members (excludes halogenated alkanes) is 7. The minimum Gasteiger partial charge on any atom is -0.462 e. The molecule has 0 fully saturated rings. The molecule has 1 unspecified atom stereocenters.